The van der Waals surface area contributed by atoms with Gasteiger partial charge in [-0.15, -0.1) is 0 Å². The quantitative estimate of drug-likeness (QED) is 0.704. The number of carbonyl (C=O) groups is 1. The molecule has 0 bridgehead atoms. The highest BCUT2D eigenvalue weighted by atomic mass is 16.1. The summed E-state index contributed by atoms with van der Waals surface area (Å²) in [5.74, 6) is -0.110. The fraction of sp³-hybridized carbons (Fsp3) is 0.615. The largest absolute Gasteiger partial charge is 0.351 e. The van der Waals surface area contributed by atoms with Crippen LogP contribution in [0.15, 0.2) is 18.6 Å². The van der Waals surface area contributed by atoms with Crippen molar-refractivity contribution in [3.8, 4) is 0 Å². The van der Waals surface area contributed by atoms with Gasteiger partial charge in [-0.3, -0.25) is 4.79 Å². The van der Waals surface area contributed by atoms with Gasteiger partial charge in [0.05, 0.1) is 0 Å². The van der Waals surface area contributed by atoms with Crippen LogP contribution in [0.4, 0.5) is 0 Å². The summed E-state index contributed by atoms with van der Waals surface area (Å²) in [6.07, 6.45) is 10.3. The Hall–Kier alpha value is -1.45. The average molecular weight is 235 g/mol. The second-order valence-corrected chi connectivity index (χ2v) is 4.12. The number of carbonyl (C=O) groups excluding carboxylic acids is 1. The zero-order chi connectivity index (χ0) is 12.3. The van der Waals surface area contributed by atoms with Crippen molar-refractivity contribution < 1.29 is 4.79 Å². The molecule has 0 aromatic carbocycles. The number of aromatic nitrogens is 2. The number of nitrogens with zero attached hydrogens (tertiary/aromatic N) is 2. The van der Waals surface area contributed by atoms with E-state index < -0.39 is 0 Å². The lowest BCUT2D eigenvalue weighted by atomic mass is 10.1. The Bertz CT molecular complexity index is 314. The minimum Gasteiger partial charge on any atom is -0.351 e. The Morgan fingerprint density at radius 3 is 2.71 bits per heavy atom. The summed E-state index contributed by atoms with van der Waals surface area (Å²) in [5.41, 5.74) is 0.436. The van der Waals surface area contributed by atoms with Gasteiger partial charge in [0.25, 0.3) is 5.91 Å². The minimum absolute atomic E-state index is 0.110. The fourth-order valence-corrected chi connectivity index (χ4v) is 1.62. The van der Waals surface area contributed by atoms with Crippen molar-refractivity contribution >= 4 is 5.91 Å². The maximum absolute atomic E-state index is 11.6. The highest BCUT2D eigenvalue weighted by Crippen LogP contribution is 2.04. The first-order valence-electron chi connectivity index (χ1n) is 6.38. The van der Waals surface area contributed by atoms with Gasteiger partial charge in [0, 0.05) is 12.7 Å². The summed E-state index contributed by atoms with van der Waals surface area (Å²) < 4.78 is 0. The van der Waals surface area contributed by atoms with Crippen LogP contribution in [0.1, 0.15) is 55.9 Å². The van der Waals surface area contributed by atoms with Gasteiger partial charge in [-0.2, -0.15) is 0 Å². The van der Waals surface area contributed by atoms with E-state index in [1.807, 2.05) is 0 Å². The SMILES string of the molecule is CCCCCCCCNC(=O)c1ccncn1. The molecular weight excluding hydrogens is 214 g/mol. The molecule has 0 fully saturated rings. The van der Waals surface area contributed by atoms with E-state index in [9.17, 15) is 4.79 Å². The molecule has 0 aliphatic rings. The molecule has 1 aromatic heterocycles. The van der Waals surface area contributed by atoms with Crippen LogP contribution < -0.4 is 5.32 Å². The topological polar surface area (TPSA) is 54.9 Å². The number of nitrogens with one attached hydrogen (secondary N) is 1. The lowest BCUT2D eigenvalue weighted by Gasteiger charge is -2.04. The fourth-order valence-electron chi connectivity index (χ4n) is 1.62. The van der Waals surface area contributed by atoms with Crippen LogP contribution in [-0.2, 0) is 0 Å². The Morgan fingerprint density at radius 1 is 1.24 bits per heavy atom. The van der Waals surface area contributed by atoms with Gasteiger partial charge in [-0.05, 0) is 12.5 Å². The van der Waals surface area contributed by atoms with Crippen molar-refractivity contribution in [1.29, 1.82) is 0 Å². The first-order chi connectivity index (χ1) is 8.34. The van der Waals surface area contributed by atoms with Gasteiger partial charge in [-0.1, -0.05) is 39.0 Å². The van der Waals surface area contributed by atoms with E-state index >= 15 is 0 Å². The smallest absolute Gasteiger partial charge is 0.270 e. The van der Waals surface area contributed by atoms with E-state index in [1.54, 1.807) is 12.3 Å². The van der Waals surface area contributed by atoms with Crippen molar-refractivity contribution in [3.63, 3.8) is 0 Å². The number of unbranched alkanes of at least 4 members (excludes halogenated alkanes) is 5. The molecule has 94 valence electrons. The molecule has 1 N–H and O–H groups in total. The standard InChI is InChI=1S/C13H21N3O/c1-2-3-4-5-6-7-9-15-13(17)12-8-10-14-11-16-12/h8,10-11H,2-7,9H2,1H3,(H,15,17). The second kappa shape index (κ2) is 8.67. The third-order valence-electron chi connectivity index (χ3n) is 2.63. The lowest BCUT2D eigenvalue weighted by Crippen LogP contribution is -2.25. The highest BCUT2D eigenvalue weighted by molar-refractivity contribution is 5.91. The second-order valence-electron chi connectivity index (χ2n) is 4.12. The molecule has 0 radical (unpaired) electrons. The van der Waals surface area contributed by atoms with E-state index in [2.05, 4.69) is 22.2 Å². The van der Waals surface area contributed by atoms with Crippen LogP contribution in [0.25, 0.3) is 0 Å². The summed E-state index contributed by atoms with van der Waals surface area (Å²) >= 11 is 0. The van der Waals surface area contributed by atoms with Crippen molar-refractivity contribution in [3.05, 3.63) is 24.3 Å². The van der Waals surface area contributed by atoms with Gasteiger partial charge in [0.15, 0.2) is 0 Å². The van der Waals surface area contributed by atoms with Gasteiger partial charge in [0.1, 0.15) is 12.0 Å². The summed E-state index contributed by atoms with van der Waals surface area (Å²) in [4.78, 5) is 19.2. The first-order valence-corrected chi connectivity index (χ1v) is 6.38. The molecule has 0 aliphatic heterocycles. The molecule has 0 saturated carbocycles. The van der Waals surface area contributed by atoms with Crippen LogP contribution >= 0.6 is 0 Å². The predicted molar refractivity (Wildman–Crippen MR) is 67.7 cm³/mol. The van der Waals surface area contributed by atoms with Gasteiger partial charge in [0.2, 0.25) is 0 Å². The van der Waals surface area contributed by atoms with E-state index in [4.69, 9.17) is 0 Å². The summed E-state index contributed by atoms with van der Waals surface area (Å²) in [6.45, 7) is 2.94. The molecule has 1 aromatic rings. The van der Waals surface area contributed by atoms with Crippen molar-refractivity contribution in [2.45, 2.75) is 45.4 Å². The summed E-state index contributed by atoms with van der Waals surface area (Å²) in [5, 5.41) is 2.86. The van der Waals surface area contributed by atoms with Crippen molar-refractivity contribution in [1.82, 2.24) is 15.3 Å². The predicted octanol–water partition coefficient (Wildman–Crippen LogP) is 2.57. The molecule has 1 amide bonds. The Kier molecular flexibility index (Phi) is 6.95. The molecule has 0 aliphatic carbocycles. The van der Waals surface area contributed by atoms with Crippen LogP contribution in [-0.4, -0.2) is 22.4 Å². The maximum Gasteiger partial charge on any atom is 0.270 e. The maximum atomic E-state index is 11.6. The number of rotatable bonds is 8. The monoisotopic (exact) mass is 235 g/mol. The normalized spacial score (nSPS) is 10.2. The molecule has 17 heavy (non-hydrogen) atoms. The van der Waals surface area contributed by atoms with Crippen LogP contribution in [0, 0.1) is 0 Å². The Labute approximate surface area is 103 Å². The van der Waals surface area contributed by atoms with E-state index in [1.165, 1.54) is 38.4 Å². The van der Waals surface area contributed by atoms with Crippen LogP contribution in [0.2, 0.25) is 0 Å². The van der Waals surface area contributed by atoms with Crippen molar-refractivity contribution in [2.24, 2.45) is 0 Å². The summed E-state index contributed by atoms with van der Waals surface area (Å²) in [7, 11) is 0. The Morgan fingerprint density at radius 2 is 2.00 bits per heavy atom. The molecular formula is C13H21N3O. The van der Waals surface area contributed by atoms with E-state index in [0.717, 1.165) is 13.0 Å². The molecule has 4 heteroatoms. The highest BCUT2D eigenvalue weighted by Gasteiger charge is 2.04. The molecule has 0 spiro atoms. The molecule has 0 saturated heterocycles. The third kappa shape index (κ3) is 6.00. The molecule has 0 unspecified atom stereocenters. The molecule has 1 rings (SSSR count). The van der Waals surface area contributed by atoms with Crippen LogP contribution in [0.3, 0.4) is 0 Å². The zero-order valence-corrected chi connectivity index (χ0v) is 10.5. The zero-order valence-electron chi connectivity index (χ0n) is 10.5. The number of amides is 1. The molecule has 1 heterocycles. The molecule has 4 nitrogen and oxygen atoms in total. The average Bonchev–Trinajstić information content (AvgIpc) is 2.38. The summed E-state index contributed by atoms with van der Waals surface area (Å²) in [6, 6.07) is 1.62. The van der Waals surface area contributed by atoms with Gasteiger partial charge in [-0.25, -0.2) is 9.97 Å². The van der Waals surface area contributed by atoms with Gasteiger partial charge < -0.3 is 5.32 Å². The first kappa shape index (κ1) is 13.6. The number of hydrogen-bond donors (Lipinski definition) is 1. The third-order valence-corrected chi connectivity index (χ3v) is 2.63. The van der Waals surface area contributed by atoms with Gasteiger partial charge >= 0.3 is 0 Å². The minimum atomic E-state index is -0.110. The number of hydrogen-bond acceptors (Lipinski definition) is 3. The van der Waals surface area contributed by atoms with E-state index in [0.29, 0.717) is 5.69 Å². The molecule has 0 atom stereocenters. The Balaban J connectivity index is 2.05. The van der Waals surface area contributed by atoms with Crippen molar-refractivity contribution in [2.75, 3.05) is 6.54 Å². The van der Waals surface area contributed by atoms with E-state index in [-0.39, 0.29) is 5.91 Å². The van der Waals surface area contributed by atoms with Crippen LogP contribution in [0.5, 0.6) is 0 Å². The lowest BCUT2D eigenvalue weighted by molar-refractivity contribution is 0.0948.